The average Bonchev–Trinajstić information content (AvgIpc) is 2.32. The van der Waals surface area contributed by atoms with Crippen molar-refractivity contribution in [1.82, 2.24) is 4.90 Å². The summed E-state index contributed by atoms with van der Waals surface area (Å²) in [5.74, 6) is 0.933. The number of hydrogen-bond acceptors (Lipinski definition) is 3. The fourth-order valence-electron chi connectivity index (χ4n) is 2.38. The van der Waals surface area contributed by atoms with Gasteiger partial charge in [0.15, 0.2) is 0 Å². The molecule has 2 rings (SSSR count). The summed E-state index contributed by atoms with van der Waals surface area (Å²) < 4.78 is 6.02. The van der Waals surface area contributed by atoms with Gasteiger partial charge in [-0.15, -0.1) is 0 Å². The number of hydrogen-bond donors (Lipinski definition) is 1. The predicted molar refractivity (Wildman–Crippen MR) is 73.0 cm³/mol. The van der Waals surface area contributed by atoms with E-state index in [1.807, 2.05) is 31.2 Å². The summed E-state index contributed by atoms with van der Waals surface area (Å²) >= 11 is 0. The molecule has 18 heavy (non-hydrogen) atoms. The van der Waals surface area contributed by atoms with Crippen LogP contribution in [0.25, 0.3) is 0 Å². The third-order valence-electron chi connectivity index (χ3n) is 3.40. The Bertz CT molecular complexity index is 371. The Kier molecular flexibility index (Phi) is 4.61. The van der Waals surface area contributed by atoms with Crippen molar-refractivity contribution in [3.63, 3.8) is 0 Å². The largest absolute Gasteiger partial charge is 0.490 e. The molecule has 1 aromatic carbocycles. The zero-order valence-electron chi connectivity index (χ0n) is 11.3. The molecule has 3 nitrogen and oxygen atoms in total. The molecule has 1 fully saturated rings. The van der Waals surface area contributed by atoms with Crippen LogP contribution in [0.4, 0.5) is 0 Å². The van der Waals surface area contributed by atoms with Gasteiger partial charge in [-0.3, -0.25) is 0 Å². The maximum Gasteiger partial charge on any atom is 0.119 e. The molecule has 1 aromatic rings. The summed E-state index contributed by atoms with van der Waals surface area (Å²) in [7, 11) is 2.15. The van der Waals surface area contributed by atoms with Crippen LogP contribution in [-0.2, 0) is 6.42 Å². The van der Waals surface area contributed by atoms with Crippen LogP contribution in [-0.4, -0.2) is 42.4 Å². The monoisotopic (exact) mass is 249 g/mol. The van der Waals surface area contributed by atoms with Crippen LogP contribution >= 0.6 is 0 Å². The van der Waals surface area contributed by atoms with E-state index in [9.17, 15) is 5.11 Å². The van der Waals surface area contributed by atoms with Gasteiger partial charge >= 0.3 is 0 Å². The van der Waals surface area contributed by atoms with E-state index in [1.54, 1.807) is 0 Å². The van der Waals surface area contributed by atoms with Gasteiger partial charge in [0, 0.05) is 13.1 Å². The molecule has 1 N–H and O–H groups in total. The average molecular weight is 249 g/mol. The number of piperidine rings is 1. The summed E-state index contributed by atoms with van der Waals surface area (Å²) in [5.41, 5.74) is 1.13. The number of likely N-dealkylation sites (tertiary alicyclic amines) is 1. The van der Waals surface area contributed by atoms with Crippen molar-refractivity contribution in [2.45, 2.75) is 38.4 Å². The fraction of sp³-hybridized carbons (Fsp3) is 0.600. The molecule has 3 heteroatoms. The van der Waals surface area contributed by atoms with Crippen molar-refractivity contribution in [1.29, 1.82) is 0 Å². The van der Waals surface area contributed by atoms with E-state index in [0.717, 1.165) is 37.2 Å². The lowest BCUT2D eigenvalue weighted by Crippen LogP contribution is -2.35. The van der Waals surface area contributed by atoms with E-state index in [-0.39, 0.29) is 6.10 Å². The molecule has 0 aliphatic carbocycles. The van der Waals surface area contributed by atoms with Crippen LogP contribution in [0.5, 0.6) is 5.75 Å². The lowest BCUT2D eigenvalue weighted by molar-refractivity contribution is 0.114. The highest BCUT2D eigenvalue weighted by molar-refractivity contribution is 5.29. The lowest BCUT2D eigenvalue weighted by Gasteiger charge is -2.29. The van der Waals surface area contributed by atoms with Crippen molar-refractivity contribution in [3.05, 3.63) is 29.8 Å². The molecule has 0 bridgehead atoms. The molecule has 100 valence electrons. The van der Waals surface area contributed by atoms with Crippen molar-refractivity contribution in [2.24, 2.45) is 0 Å². The summed E-state index contributed by atoms with van der Waals surface area (Å²) in [4.78, 5) is 2.34. The quantitative estimate of drug-likeness (QED) is 0.887. The summed E-state index contributed by atoms with van der Waals surface area (Å²) in [6, 6.07) is 8.09. The number of rotatable bonds is 4. The number of aliphatic hydroxyl groups is 1. The second kappa shape index (κ2) is 6.21. The third-order valence-corrected chi connectivity index (χ3v) is 3.40. The molecule has 1 heterocycles. The van der Waals surface area contributed by atoms with Gasteiger partial charge in [-0.2, -0.15) is 0 Å². The van der Waals surface area contributed by atoms with E-state index in [2.05, 4.69) is 11.9 Å². The second-order valence-corrected chi connectivity index (χ2v) is 5.32. The molecule has 1 saturated heterocycles. The van der Waals surface area contributed by atoms with Gasteiger partial charge in [0.2, 0.25) is 0 Å². The molecule has 1 unspecified atom stereocenters. The first-order valence-electron chi connectivity index (χ1n) is 6.75. The van der Waals surface area contributed by atoms with Gasteiger partial charge in [0.05, 0.1) is 6.10 Å². The number of benzene rings is 1. The Morgan fingerprint density at radius 3 is 2.78 bits per heavy atom. The van der Waals surface area contributed by atoms with Crippen LogP contribution in [0.15, 0.2) is 24.3 Å². The predicted octanol–water partition coefficient (Wildman–Crippen LogP) is 2.08. The van der Waals surface area contributed by atoms with E-state index in [1.165, 1.54) is 0 Å². The highest BCUT2D eigenvalue weighted by Crippen LogP contribution is 2.20. The zero-order chi connectivity index (χ0) is 13.0. The molecule has 0 radical (unpaired) electrons. The minimum absolute atomic E-state index is 0.302. The van der Waals surface area contributed by atoms with Gasteiger partial charge in [-0.05, 0) is 50.9 Å². The van der Waals surface area contributed by atoms with E-state index in [4.69, 9.17) is 4.74 Å². The first kappa shape index (κ1) is 13.4. The number of nitrogens with zero attached hydrogens (tertiary/aromatic N) is 1. The highest BCUT2D eigenvalue weighted by atomic mass is 16.5. The normalized spacial score (nSPS) is 19.7. The molecular formula is C15H23NO2. The lowest BCUT2D eigenvalue weighted by atomic mass is 10.1. The minimum atomic E-state index is -0.302. The Morgan fingerprint density at radius 2 is 2.11 bits per heavy atom. The number of aliphatic hydroxyl groups excluding tert-OH is 1. The molecule has 0 saturated carbocycles. The second-order valence-electron chi connectivity index (χ2n) is 5.32. The fourth-order valence-corrected chi connectivity index (χ4v) is 2.38. The van der Waals surface area contributed by atoms with Crippen LogP contribution in [0.1, 0.15) is 25.3 Å². The Morgan fingerprint density at radius 1 is 1.39 bits per heavy atom. The van der Waals surface area contributed by atoms with Crippen molar-refractivity contribution in [3.8, 4) is 5.75 Å². The topological polar surface area (TPSA) is 32.7 Å². The van der Waals surface area contributed by atoms with Gasteiger partial charge in [0.25, 0.3) is 0 Å². The van der Waals surface area contributed by atoms with Crippen LogP contribution in [0.2, 0.25) is 0 Å². The molecule has 0 spiro atoms. The molecule has 1 atom stereocenters. The molecule has 1 aliphatic rings. The molecule has 1 aliphatic heterocycles. The van der Waals surface area contributed by atoms with Gasteiger partial charge in [0.1, 0.15) is 11.9 Å². The number of ether oxygens (including phenoxy) is 1. The van der Waals surface area contributed by atoms with Crippen LogP contribution in [0, 0.1) is 0 Å². The van der Waals surface area contributed by atoms with Crippen molar-refractivity contribution in [2.75, 3.05) is 20.1 Å². The standard InChI is InChI=1S/C15H23NO2/c1-12(17)10-13-4-3-5-15(11-13)18-14-6-8-16(2)9-7-14/h3-5,11-12,14,17H,6-10H2,1-2H3. The van der Waals surface area contributed by atoms with E-state index in [0.29, 0.717) is 12.5 Å². The van der Waals surface area contributed by atoms with Crippen molar-refractivity contribution >= 4 is 0 Å². The molecular weight excluding hydrogens is 226 g/mol. The van der Waals surface area contributed by atoms with Gasteiger partial charge in [-0.25, -0.2) is 0 Å². The van der Waals surface area contributed by atoms with Gasteiger partial charge in [-0.1, -0.05) is 12.1 Å². The Labute approximate surface area is 109 Å². The SMILES string of the molecule is CC(O)Cc1cccc(OC2CCN(C)CC2)c1. The maximum absolute atomic E-state index is 9.40. The zero-order valence-corrected chi connectivity index (χ0v) is 11.3. The van der Waals surface area contributed by atoms with Crippen molar-refractivity contribution < 1.29 is 9.84 Å². The maximum atomic E-state index is 9.40. The highest BCUT2D eigenvalue weighted by Gasteiger charge is 2.17. The summed E-state index contributed by atoms with van der Waals surface area (Å²) in [6.45, 7) is 4.03. The Balaban J connectivity index is 1.92. The van der Waals surface area contributed by atoms with Gasteiger partial charge < -0.3 is 14.7 Å². The molecule has 0 aromatic heterocycles. The first-order valence-corrected chi connectivity index (χ1v) is 6.75. The van der Waals surface area contributed by atoms with Crippen LogP contribution < -0.4 is 4.74 Å². The van der Waals surface area contributed by atoms with E-state index < -0.39 is 0 Å². The minimum Gasteiger partial charge on any atom is -0.490 e. The summed E-state index contributed by atoms with van der Waals surface area (Å²) in [5, 5.41) is 9.40. The van der Waals surface area contributed by atoms with Crippen LogP contribution in [0.3, 0.4) is 0 Å². The summed E-state index contributed by atoms with van der Waals surface area (Å²) in [6.07, 6.45) is 2.91. The molecule has 0 amide bonds. The third kappa shape index (κ3) is 4.00. The first-order chi connectivity index (χ1) is 8.63. The van der Waals surface area contributed by atoms with E-state index >= 15 is 0 Å². The Hall–Kier alpha value is -1.06. The smallest absolute Gasteiger partial charge is 0.119 e.